The van der Waals surface area contributed by atoms with E-state index in [1.54, 1.807) is 29.3 Å². The summed E-state index contributed by atoms with van der Waals surface area (Å²) >= 11 is 3.18. The van der Waals surface area contributed by atoms with E-state index in [1.165, 1.54) is 12.8 Å². The Bertz CT molecular complexity index is 845. The maximum atomic E-state index is 4.67. The summed E-state index contributed by atoms with van der Waals surface area (Å²) in [4.78, 5) is 15.9. The van der Waals surface area contributed by atoms with Gasteiger partial charge in [-0.3, -0.25) is 4.98 Å². The molecule has 0 N–H and O–H groups in total. The Morgan fingerprint density at radius 3 is 2.80 bits per heavy atom. The predicted octanol–water partition coefficient (Wildman–Crippen LogP) is 3.70. The van der Waals surface area contributed by atoms with Gasteiger partial charge in [0, 0.05) is 25.0 Å². The number of pyridine rings is 1. The van der Waals surface area contributed by atoms with E-state index in [1.807, 2.05) is 24.3 Å². The highest BCUT2D eigenvalue weighted by Gasteiger charge is 2.18. The van der Waals surface area contributed by atoms with Gasteiger partial charge in [-0.15, -0.1) is 10.2 Å². The van der Waals surface area contributed by atoms with Crippen molar-refractivity contribution in [2.75, 3.05) is 18.0 Å². The van der Waals surface area contributed by atoms with Crippen LogP contribution in [-0.4, -0.2) is 38.2 Å². The molecule has 0 unspecified atom stereocenters. The van der Waals surface area contributed by atoms with Crippen LogP contribution in [0, 0.1) is 0 Å². The fraction of sp³-hybridized carbons (Fsp3) is 0.353. The van der Waals surface area contributed by atoms with Gasteiger partial charge in [-0.25, -0.2) is 9.97 Å². The van der Waals surface area contributed by atoms with Crippen LogP contribution in [0.1, 0.15) is 25.5 Å². The Morgan fingerprint density at radius 2 is 2.04 bits per heavy atom. The molecule has 0 aromatic carbocycles. The van der Waals surface area contributed by atoms with Gasteiger partial charge in [0.1, 0.15) is 10.7 Å². The third-order valence-electron chi connectivity index (χ3n) is 3.98. The predicted molar refractivity (Wildman–Crippen MR) is 100 cm³/mol. The summed E-state index contributed by atoms with van der Waals surface area (Å²) in [7, 11) is 0. The lowest BCUT2D eigenvalue weighted by Crippen LogP contribution is -2.17. The largest absolute Gasteiger partial charge is 0.347 e. The highest BCUT2D eigenvalue weighted by atomic mass is 32.2. The van der Waals surface area contributed by atoms with Crippen LogP contribution in [0.4, 0.5) is 5.13 Å². The summed E-state index contributed by atoms with van der Waals surface area (Å²) in [5.41, 5.74) is 1.79. The number of hydrogen-bond donors (Lipinski definition) is 0. The second-order valence-corrected chi connectivity index (χ2v) is 7.96. The molecule has 3 aromatic heterocycles. The molecular formula is C17H18N6S2. The first-order chi connectivity index (χ1) is 12.3. The Labute approximate surface area is 154 Å². The maximum absolute atomic E-state index is 4.67. The summed E-state index contributed by atoms with van der Waals surface area (Å²) in [5, 5.41) is 10.6. The van der Waals surface area contributed by atoms with Crippen LogP contribution in [0.3, 0.4) is 0 Å². The van der Waals surface area contributed by atoms with Crippen molar-refractivity contribution in [3.05, 3.63) is 36.2 Å². The molecule has 0 atom stereocenters. The number of anilines is 1. The molecule has 6 nitrogen and oxygen atoms in total. The van der Waals surface area contributed by atoms with Gasteiger partial charge in [-0.2, -0.15) is 0 Å². The molecule has 0 saturated carbocycles. The van der Waals surface area contributed by atoms with E-state index in [9.17, 15) is 0 Å². The van der Waals surface area contributed by atoms with Gasteiger partial charge in [0.2, 0.25) is 5.13 Å². The average Bonchev–Trinajstić information content (AvgIpc) is 3.34. The second kappa shape index (κ2) is 7.45. The van der Waals surface area contributed by atoms with E-state index >= 15 is 0 Å². The molecule has 4 rings (SSSR count). The second-order valence-electron chi connectivity index (χ2n) is 5.74. The number of aryl methyl sites for hydroxylation is 1. The molecule has 1 saturated heterocycles. The third-order valence-corrected chi connectivity index (χ3v) is 5.93. The van der Waals surface area contributed by atoms with E-state index in [2.05, 4.69) is 37.0 Å². The summed E-state index contributed by atoms with van der Waals surface area (Å²) in [6.45, 7) is 4.25. The normalized spacial score (nSPS) is 14.2. The molecule has 128 valence electrons. The number of aromatic nitrogens is 5. The van der Waals surface area contributed by atoms with Crippen LogP contribution in [0.25, 0.3) is 11.5 Å². The lowest BCUT2D eigenvalue weighted by molar-refractivity contribution is 0.910. The van der Waals surface area contributed by atoms with Crippen molar-refractivity contribution in [3.8, 4) is 11.5 Å². The first-order valence-corrected chi connectivity index (χ1v) is 10.0. The summed E-state index contributed by atoms with van der Waals surface area (Å²) in [6.07, 6.45) is 5.09. The molecule has 25 heavy (non-hydrogen) atoms. The molecular weight excluding hydrogens is 352 g/mol. The van der Waals surface area contributed by atoms with E-state index in [0.29, 0.717) is 5.82 Å². The zero-order valence-corrected chi connectivity index (χ0v) is 15.6. The van der Waals surface area contributed by atoms with Gasteiger partial charge in [-0.1, -0.05) is 24.3 Å². The topological polar surface area (TPSA) is 67.7 Å². The van der Waals surface area contributed by atoms with Crippen molar-refractivity contribution in [1.82, 2.24) is 25.1 Å². The average molecular weight is 371 g/mol. The van der Waals surface area contributed by atoms with Crippen molar-refractivity contribution >= 4 is 28.2 Å². The molecule has 1 aliphatic heterocycles. The molecule has 0 amide bonds. The van der Waals surface area contributed by atoms with Crippen LogP contribution >= 0.6 is 23.1 Å². The summed E-state index contributed by atoms with van der Waals surface area (Å²) in [6, 6.07) is 7.79. The van der Waals surface area contributed by atoms with Crippen LogP contribution < -0.4 is 4.90 Å². The van der Waals surface area contributed by atoms with Crippen molar-refractivity contribution in [2.45, 2.75) is 35.6 Å². The van der Waals surface area contributed by atoms with Gasteiger partial charge in [-0.05, 0) is 49.2 Å². The molecule has 0 aliphatic carbocycles. The highest BCUT2D eigenvalue weighted by Crippen LogP contribution is 2.34. The SMILES string of the molecule is CCc1cc(Sc2nnc(N3CCCC3)s2)nc(-c2ccccn2)n1. The zero-order valence-electron chi connectivity index (χ0n) is 13.9. The molecule has 4 heterocycles. The molecule has 3 aromatic rings. The standard InChI is InChI=1S/C17H18N6S2/c1-2-12-11-14(20-15(19-12)13-7-3-4-8-18-13)24-17-22-21-16(25-17)23-9-5-6-10-23/h3-4,7-8,11H,2,5-6,9-10H2,1H3. The van der Waals surface area contributed by atoms with Gasteiger partial charge in [0.25, 0.3) is 0 Å². The Morgan fingerprint density at radius 1 is 1.16 bits per heavy atom. The fourth-order valence-electron chi connectivity index (χ4n) is 2.68. The molecule has 1 aliphatic rings. The van der Waals surface area contributed by atoms with Crippen molar-refractivity contribution < 1.29 is 0 Å². The molecule has 1 fully saturated rings. The van der Waals surface area contributed by atoms with Crippen LogP contribution in [0.2, 0.25) is 0 Å². The first-order valence-electron chi connectivity index (χ1n) is 8.37. The van der Waals surface area contributed by atoms with Gasteiger partial charge in [0.15, 0.2) is 10.2 Å². The minimum absolute atomic E-state index is 0.659. The fourth-order valence-corrected chi connectivity index (χ4v) is 4.55. The lowest BCUT2D eigenvalue weighted by atomic mass is 10.3. The molecule has 8 heteroatoms. The van der Waals surface area contributed by atoms with Gasteiger partial charge in [0.05, 0.1) is 0 Å². The quantitative estimate of drug-likeness (QED) is 0.634. The Kier molecular flexibility index (Phi) is 4.89. The zero-order chi connectivity index (χ0) is 17.1. The van der Waals surface area contributed by atoms with E-state index in [0.717, 1.165) is 45.4 Å². The van der Waals surface area contributed by atoms with Gasteiger partial charge < -0.3 is 4.90 Å². The van der Waals surface area contributed by atoms with Crippen molar-refractivity contribution in [2.24, 2.45) is 0 Å². The molecule has 0 bridgehead atoms. The maximum Gasteiger partial charge on any atom is 0.209 e. The minimum atomic E-state index is 0.659. The van der Waals surface area contributed by atoms with E-state index in [-0.39, 0.29) is 0 Å². The van der Waals surface area contributed by atoms with Gasteiger partial charge >= 0.3 is 0 Å². The number of rotatable bonds is 5. The highest BCUT2D eigenvalue weighted by molar-refractivity contribution is 8.01. The van der Waals surface area contributed by atoms with Crippen LogP contribution in [0.15, 0.2) is 39.8 Å². The van der Waals surface area contributed by atoms with Crippen molar-refractivity contribution in [3.63, 3.8) is 0 Å². The Hall–Kier alpha value is -2.06. The number of hydrogen-bond acceptors (Lipinski definition) is 8. The lowest BCUT2D eigenvalue weighted by Gasteiger charge is -2.10. The van der Waals surface area contributed by atoms with Crippen molar-refractivity contribution in [1.29, 1.82) is 0 Å². The molecule has 0 radical (unpaired) electrons. The van der Waals surface area contributed by atoms with Crippen LogP contribution in [-0.2, 0) is 6.42 Å². The van der Waals surface area contributed by atoms with E-state index < -0.39 is 0 Å². The summed E-state index contributed by atoms with van der Waals surface area (Å²) < 4.78 is 0.912. The summed E-state index contributed by atoms with van der Waals surface area (Å²) in [5.74, 6) is 0.659. The number of nitrogens with zero attached hydrogens (tertiary/aromatic N) is 6. The third kappa shape index (κ3) is 3.80. The minimum Gasteiger partial charge on any atom is -0.347 e. The molecule has 0 spiro atoms. The van der Waals surface area contributed by atoms with Crippen LogP contribution in [0.5, 0.6) is 0 Å². The Balaban J connectivity index is 1.59. The first kappa shape index (κ1) is 16.4. The smallest absolute Gasteiger partial charge is 0.209 e. The van der Waals surface area contributed by atoms with E-state index in [4.69, 9.17) is 0 Å². The monoisotopic (exact) mass is 370 g/mol.